The largest absolute Gasteiger partial charge is 0.383 e. The van der Waals surface area contributed by atoms with Crippen molar-refractivity contribution in [3.8, 4) is 0 Å². The van der Waals surface area contributed by atoms with Gasteiger partial charge in [-0.2, -0.15) is 0 Å². The first kappa shape index (κ1) is 15.2. The highest BCUT2D eigenvalue weighted by atomic mass is 16.6. The first-order chi connectivity index (χ1) is 12.4. The quantitative estimate of drug-likeness (QED) is 0.777. The van der Waals surface area contributed by atoms with Crippen LogP contribution in [0.1, 0.15) is 41.2 Å². The smallest absolute Gasteiger partial charge is 0.178 e. The van der Waals surface area contributed by atoms with Gasteiger partial charge in [-0.25, -0.2) is 0 Å². The molecule has 2 aromatic carbocycles. The van der Waals surface area contributed by atoms with Crippen molar-refractivity contribution in [2.75, 3.05) is 19.6 Å². The van der Waals surface area contributed by atoms with Crippen LogP contribution in [0.3, 0.4) is 0 Å². The fourth-order valence-electron chi connectivity index (χ4n) is 4.59. The van der Waals surface area contributed by atoms with E-state index in [1.54, 1.807) is 0 Å². The number of aryl methyl sites for hydroxylation is 2. The van der Waals surface area contributed by atoms with E-state index in [4.69, 9.17) is 9.99 Å². The Morgan fingerprint density at radius 2 is 1.44 bits per heavy atom. The number of nitrogens with zero attached hydrogens (tertiary/aromatic N) is 2. The van der Waals surface area contributed by atoms with Gasteiger partial charge in [-0.15, -0.1) is 0 Å². The lowest BCUT2D eigenvalue weighted by atomic mass is 9.87. The summed E-state index contributed by atoms with van der Waals surface area (Å²) in [4.78, 5) is 8.77. The Hall–Kier alpha value is -2.13. The molecule has 0 amide bonds. The summed E-state index contributed by atoms with van der Waals surface area (Å²) in [6.07, 6.45) is 4.53. The van der Waals surface area contributed by atoms with Crippen LogP contribution in [0.2, 0.25) is 0 Å². The zero-order valence-electron chi connectivity index (χ0n) is 14.5. The van der Waals surface area contributed by atoms with Crippen LogP contribution >= 0.6 is 0 Å². The second-order valence-corrected chi connectivity index (χ2v) is 7.52. The molecule has 2 aromatic rings. The molecule has 2 bridgehead atoms. The maximum Gasteiger partial charge on any atom is 0.178 e. The lowest BCUT2D eigenvalue weighted by Gasteiger charge is -2.39. The molecule has 4 aliphatic rings. The van der Waals surface area contributed by atoms with Crippen LogP contribution < -0.4 is 0 Å². The Labute approximate surface area is 149 Å². The second kappa shape index (κ2) is 6.30. The van der Waals surface area contributed by atoms with E-state index in [-0.39, 0.29) is 6.10 Å². The van der Waals surface area contributed by atoms with Crippen molar-refractivity contribution in [3.63, 3.8) is 0 Å². The minimum absolute atomic E-state index is 0.0853. The molecule has 3 nitrogen and oxygen atoms in total. The van der Waals surface area contributed by atoms with Gasteiger partial charge in [0.1, 0.15) is 0 Å². The summed E-state index contributed by atoms with van der Waals surface area (Å²) in [5, 5.41) is 4.70. The molecule has 0 N–H and O–H groups in total. The van der Waals surface area contributed by atoms with Crippen LogP contribution in [0.25, 0.3) is 0 Å². The van der Waals surface area contributed by atoms with Gasteiger partial charge in [0.05, 0.1) is 5.71 Å². The van der Waals surface area contributed by atoms with E-state index in [1.807, 2.05) is 0 Å². The van der Waals surface area contributed by atoms with Crippen LogP contribution in [-0.4, -0.2) is 30.2 Å². The Morgan fingerprint density at radius 1 is 0.840 bits per heavy atom. The molecule has 128 valence electrons. The molecule has 0 radical (unpaired) electrons. The highest BCUT2D eigenvalue weighted by molar-refractivity contribution is 5.89. The van der Waals surface area contributed by atoms with Crippen LogP contribution in [0, 0.1) is 5.92 Å². The van der Waals surface area contributed by atoms with Gasteiger partial charge in [-0.1, -0.05) is 53.7 Å². The minimum Gasteiger partial charge on any atom is -0.383 e. The second-order valence-electron chi connectivity index (χ2n) is 7.52. The number of benzene rings is 2. The lowest BCUT2D eigenvalue weighted by molar-refractivity contribution is 0.0796. The van der Waals surface area contributed by atoms with Gasteiger partial charge in [0.2, 0.25) is 0 Å². The number of hydrogen-bond donors (Lipinski definition) is 0. The van der Waals surface area contributed by atoms with Crippen molar-refractivity contribution in [2.24, 2.45) is 11.1 Å². The van der Waals surface area contributed by atoms with Crippen molar-refractivity contribution in [1.29, 1.82) is 0 Å². The molecule has 3 fully saturated rings. The molecular weight excluding hydrogens is 308 g/mol. The summed E-state index contributed by atoms with van der Waals surface area (Å²) in [5.41, 5.74) is 6.57. The van der Waals surface area contributed by atoms with Gasteiger partial charge in [-0.05, 0) is 49.9 Å². The summed E-state index contributed by atoms with van der Waals surface area (Å²) in [7, 11) is 0. The van der Waals surface area contributed by atoms with Gasteiger partial charge in [0.15, 0.2) is 6.10 Å². The normalized spacial score (nSPS) is 26.8. The molecule has 1 aliphatic carbocycles. The van der Waals surface area contributed by atoms with Crippen molar-refractivity contribution in [3.05, 3.63) is 70.8 Å². The molecule has 0 aromatic heterocycles. The molecule has 0 spiro atoms. The lowest BCUT2D eigenvalue weighted by Crippen LogP contribution is -2.48. The van der Waals surface area contributed by atoms with Gasteiger partial charge in [-0.3, -0.25) is 4.90 Å². The molecular formula is C22H24N2O. The standard InChI is InChI=1S/C22H24N2O/c1-3-7-19-16(5-1)9-10-17-6-2-4-8-20(17)22(19)25-23-21-15-24-13-11-18(21)12-14-24/h1-8,18,22H,9-15H2/b23-21-. The molecule has 3 saturated heterocycles. The first-order valence-electron chi connectivity index (χ1n) is 9.49. The predicted octanol–water partition coefficient (Wildman–Crippen LogP) is 3.97. The summed E-state index contributed by atoms with van der Waals surface area (Å²) in [6.45, 7) is 3.43. The van der Waals surface area contributed by atoms with Crippen LogP contribution in [0.5, 0.6) is 0 Å². The van der Waals surface area contributed by atoms with Gasteiger partial charge >= 0.3 is 0 Å². The maximum atomic E-state index is 6.27. The van der Waals surface area contributed by atoms with Crippen molar-refractivity contribution >= 4 is 5.71 Å². The molecule has 0 saturated carbocycles. The third-order valence-electron chi connectivity index (χ3n) is 6.06. The average molecular weight is 332 g/mol. The van der Waals surface area contributed by atoms with Crippen LogP contribution in [0.4, 0.5) is 0 Å². The molecule has 25 heavy (non-hydrogen) atoms. The van der Waals surface area contributed by atoms with Crippen molar-refractivity contribution < 1.29 is 4.84 Å². The highest BCUT2D eigenvalue weighted by Crippen LogP contribution is 2.36. The molecule has 0 atom stereocenters. The van der Waals surface area contributed by atoms with Crippen LogP contribution in [-0.2, 0) is 17.7 Å². The molecule has 3 heterocycles. The first-order valence-corrected chi connectivity index (χ1v) is 9.49. The third-order valence-corrected chi connectivity index (χ3v) is 6.06. The summed E-state index contributed by atoms with van der Waals surface area (Å²) in [5.74, 6) is 0.626. The Balaban J connectivity index is 1.51. The van der Waals surface area contributed by atoms with Crippen LogP contribution in [0.15, 0.2) is 53.7 Å². The van der Waals surface area contributed by atoms with Crippen molar-refractivity contribution in [1.82, 2.24) is 4.90 Å². The SMILES string of the molecule is c1ccc2c(c1)CCc1ccccc1C2O/N=C1/CN2CCC1CC2. The summed E-state index contributed by atoms with van der Waals surface area (Å²) < 4.78 is 0. The van der Waals surface area contributed by atoms with E-state index in [2.05, 4.69) is 53.4 Å². The van der Waals surface area contributed by atoms with E-state index in [0.29, 0.717) is 5.92 Å². The van der Waals surface area contributed by atoms with Crippen molar-refractivity contribution in [2.45, 2.75) is 31.8 Å². The van der Waals surface area contributed by atoms with E-state index in [0.717, 1.165) is 19.4 Å². The Kier molecular flexibility index (Phi) is 3.82. The Bertz CT molecular complexity index is 758. The number of fused-ring (bicyclic) bond motifs is 5. The van der Waals surface area contributed by atoms with Gasteiger partial charge in [0.25, 0.3) is 0 Å². The zero-order valence-corrected chi connectivity index (χ0v) is 14.5. The number of hydrogen-bond acceptors (Lipinski definition) is 3. The van der Waals surface area contributed by atoms with E-state index < -0.39 is 0 Å². The highest BCUT2D eigenvalue weighted by Gasteiger charge is 2.32. The third kappa shape index (κ3) is 2.77. The van der Waals surface area contributed by atoms with E-state index in [9.17, 15) is 0 Å². The monoisotopic (exact) mass is 332 g/mol. The topological polar surface area (TPSA) is 24.8 Å². The predicted molar refractivity (Wildman–Crippen MR) is 99.8 cm³/mol. The van der Waals surface area contributed by atoms with Gasteiger partial charge < -0.3 is 4.84 Å². The number of rotatable bonds is 2. The average Bonchev–Trinajstić information content (AvgIpc) is 2.84. The summed E-state index contributed by atoms with van der Waals surface area (Å²) >= 11 is 0. The molecule has 3 aliphatic heterocycles. The minimum atomic E-state index is -0.0853. The molecule has 6 rings (SSSR count). The number of piperidine rings is 3. The van der Waals surface area contributed by atoms with Gasteiger partial charge in [0, 0.05) is 23.6 Å². The fraction of sp³-hybridized carbons (Fsp3) is 0.409. The Morgan fingerprint density at radius 3 is 2.00 bits per heavy atom. The van der Waals surface area contributed by atoms with E-state index >= 15 is 0 Å². The summed E-state index contributed by atoms with van der Waals surface area (Å²) in [6, 6.07) is 17.4. The number of oxime groups is 1. The maximum absolute atomic E-state index is 6.27. The van der Waals surface area contributed by atoms with E-state index in [1.165, 1.54) is 53.9 Å². The fourth-order valence-corrected chi connectivity index (χ4v) is 4.59. The molecule has 0 unspecified atom stereocenters. The zero-order chi connectivity index (χ0) is 16.6. The molecule has 3 heteroatoms.